The van der Waals surface area contributed by atoms with Crippen LogP contribution in [0.15, 0.2) is 78.9 Å². The first-order valence-corrected chi connectivity index (χ1v) is 10.3. The van der Waals surface area contributed by atoms with Gasteiger partial charge in [0.15, 0.2) is 0 Å². The number of carbonyl (C=O) groups is 1. The Balaban J connectivity index is 1.58. The van der Waals surface area contributed by atoms with Gasteiger partial charge in [0.05, 0.1) is 19.9 Å². The van der Waals surface area contributed by atoms with Crippen molar-refractivity contribution in [1.29, 1.82) is 0 Å². The highest BCUT2D eigenvalue weighted by atomic mass is 16.5. The first-order chi connectivity index (χ1) is 16.6. The van der Waals surface area contributed by atoms with Crippen molar-refractivity contribution in [2.24, 2.45) is 0 Å². The van der Waals surface area contributed by atoms with Crippen LogP contribution in [-0.4, -0.2) is 35.1 Å². The van der Waals surface area contributed by atoms with Crippen molar-refractivity contribution >= 4 is 34.9 Å². The van der Waals surface area contributed by atoms with E-state index in [-0.39, 0.29) is 17.7 Å². The maximum atomic E-state index is 12.8. The van der Waals surface area contributed by atoms with E-state index in [0.717, 1.165) is 28.6 Å². The number of nitrogens with one attached hydrogen (secondary N) is 4. The Labute approximate surface area is 196 Å². The van der Waals surface area contributed by atoms with E-state index in [2.05, 4.69) is 36.4 Å². The molecule has 0 spiro atoms. The summed E-state index contributed by atoms with van der Waals surface area (Å²) in [5.41, 5.74) is 7.59. The summed E-state index contributed by atoms with van der Waals surface area (Å²) in [6.45, 7) is 0. The lowest BCUT2D eigenvalue weighted by atomic mass is 10.3. The molecule has 0 aliphatic heterocycles. The molecule has 0 fully saturated rings. The van der Waals surface area contributed by atoms with Gasteiger partial charge in [-0.1, -0.05) is 18.2 Å². The van der Waals surface area contributed by atoms with E-state index in [9.17, 15) is 4.79 Å². The number of nitrogens with zero attached hydrogens (tertiary/aromatic N) is 3. The molecule has 0 radical (unpaired) electrons. The number of hydrogen-bond donors (Lipinski definition) is 4. The summed E-state index contributed by atoms with van der Waals surface area (Å²) in [6.07, 6.45) is 0. The van der Waals surface area contributed by atoms with Gasteiger partial charge in [-0.05, 0) is 60.7 Å². The van der Waals surface area contributed by atoms with Gasteiger partial charge in [0.25, 0.3) is 0 Å². The van der Waals surface area contributed by atoms with E-state index >= 15 is 0 Å². The second-order valence-corrected chi connectivity index (χ2v) is 6.96. The van der Waals surface area contributed by atoms with E-state index in [1.54, 1.807) is 38.5 Å². The van der Waals surface area contributed by atoms with Crippen LogP contribution in [0.2, 0.25) is 0 Å². The molecule has 1 heterocycles. The minimum absolute atomic E-state index is 0.0783. The van der Waals surface area contributed by atoms with Gasteiger partial charge in [-0.2, -0.15) is 15.0 Å². The molecule has 34 heavy (non-hydrogen) atoms. The molecule has 0 aliphatic carbocycles. The van der Waals surface area contributed by atoms with E-state index in [0.29, 0.717) is 0 Å². The molecular formula is C24H23N7O3. The van der Waals surface area contributed by atoms with Crippen LogP contribution in [0, 0.1) is 0 Å². The summed E-state index contributed by atoms with van der Waals surface area (Å²) in [5, 5.41) is 6.18. The molecule has 0 saturated heterocycles. The van der Waals surface area contributed by atoms with Crippen LogP contribution in [0.25, 0.3) is 0 Å². The number of para-hydroxylation sites is 1. The van der Waals surface area contributed by atoms with Gasteiger partial charge >= 0.3 is 5.91 Å². The number of methoxy groups -OCH3 is 2. The van der Waals surface area contributed by atoms with Crippen LogP contribution in [0.5, 0.6) is 11.5 Å². The molecule has 10 heteroatoms. The van der Waals surface area contributed by atoms with Crippen LogP contribution in [0.1, 0.15) is 10.6 Å². The first kappa shape index (κ1) is 22.3. The Morgan fingerprint density at radius 3 is 1.62 bits per heavy atom. The summed E-state index contributed by atoms with van der Waals surface area (Å²) in [5.74, 6) is 1.22. The summed E-state index contributed by atoms with van der Waals surface area (Å²) in [7, 11) is 3.19. The molecule has 0 saturated carbocycles. The maximum Gasteiger partial charge on any atom is 0.307 e. The highest BCUT2D eigenvalue weighted by molar-refractivity contribution is 5.92. The number of amides is 1. The van der Waals surface area contributed by atoms with Gasteiger partial charge in [0.2, 0.25) is 17.7 Å². The Bertz CT molecular complexity index is 1170. The summed E-state index contributed by atoms with van der Waals surface area (Å²) < 4.78 is 10.4. The number of hydrazine groups is 1. The Kier molecular flexibility index (Phi) is 6.99. The molecule has 1 aromatic heterocycles. The number of hydrogen-bond acceptors (Lipinski definition) is 9. The molecular weight excluding hydrogens is 434 g/mol. The van der Waals surface area contributed by atoms with Crippen LogP contribution in [-0.2, 0) is 0 Å². The molecule has 172 valence electrons. The third kappa shape index (κ3) is 5.88. The van der Waals surface area contributed by atoms with Crippen molar-refractivity contribution in [3.63, 3.8) is 0 Å². The van der Waals surface area contributed by atoms with Crippen molar-refractivity contribution in [3.05, 3.63) is 84.7 Å². The molecule has 0 bridgehead atoms. The topological polar surface area (TPSA) is 122 Å². The van der Waals surface area contributed by atoms with Gasteiger partial charge < -0.3 is 20.1 Å². The lowest BCUT2D eigenvalue weighted by Gasteiger charge is -2.12. The Hall–Kier alpha value is -4.86. The molecule has 4 N–H and O–H groups in total. The van der Waals surface area contributed by atoms with Crippen molar-refractivity contribution in [3.8, 4) is 11.5 Å². The van der Waals surface area contributed by atoms with Crippen LogP contribution >= 0.6 is 0 Å². The van der Waals surface area contributed by atoms with E-state index < -0.39 is 5.91 Å². The number of anilines is 5. The van der Waals surface area contributed by atoms with Crippen molar-refractivity contribution < 1.29 is 14.3 Å². The molecule has 0 atom stereocenters. The van der Waals surface area contributed by atoms with Gasteiger partial charge in [0.1, 0.15) is 11.5 Å². The second-order valence-electron chi connectivity index (χ2n) is 6.96. The van der Waals surface area contributed by atoms with Crippen molar-refractivity contribution in [1.82, 2.24) is 20.4 Å². The third-order valence-corrected chi connectivity index (χ3v) is 4.62. The summed E-state index contributed by atoms with van der Waals surface area (Å²) in [6, 6.07) is 23.7. The highest BCUT2D eigenvalue weighted by Gasteiger charge is 2.15. The second kappa shape index (κ2) is 10.6. The number of rotatable bonds is 9. The predicted octanol–water partition coefficient (Wildman–Crippen LogP) is 4.13. The number of carbonyl (C=O) groups excluding carboxylic acids is 1. The van der Waals surface area contributed by atoms with E-state index in [1.165, 1.54) is 0 Å². The van der Waals surface area contributed by atoms with E-state index in [4.69, 9.17) is 9.47 Å². The molecule has 4 aromatic rings. The number of benzene rings is 3. The SMILES string of the molecule is COc1ccc(Nc2nc(Nc3ccc(OC)cc3)nc(C(=O)NNc3ccccc3)n2)cc1. The zero-order chi connectivity index (χ0) is 23.8. The van der Waals surface area contributed by atoms with Crippen molar-refractivity contribution in [2.75, 3.05) is 30.3 Å². The summed E-state index contributed by atoms with van der Waals surface area (Å²) in [4.78, 5) is 25.7. The molecule has 3 aromatic carbocycles. The number of aromatic nitrogens is 3. The van der Waals surface area contributed by atoms with Gasteiger partial charge in [-0.3, -0.25) is 15.6 Å². The van der Waals surface area contributed by atoms with Gasteiger partial charge in [0, 0.05) is 11.4 Å². The Morgan fingerprint density at radius 2 is 1.15 bits per heavy atom. The van der Waals surface area contributed by atoms with Crippen molar-refractivity contribution in [2.45, 2.75) is 0 Å². The lowest BCUT2D eigenvalue weighted by molar-refractivity contribution is 0.0952. The molecule has 0 unspecified atom stereocenters. The van der Waals surface area contributed by atoms with Crippen LogP contribution in [0.4, 0.5) is 29.0 Å². The maximum absolute atomic E-state index is 12.8. The zero-order valence-electron chi connectivity index (χ0n) is 18.6. The largest absolute Gasteiger partial charge is 0.497 e. The minimum Gasteiger partial charge on any atom is -0.497 e. The standard InChI is InChI=1S/C24H23N7O3/c1-33-19-12-8-16(9-13-19)25-23-27-21(22(32)31-30-18-6-4-3-5-7-18)28-24(29-23)26-17-10-14-20(34-2)15-11-17/h3-15,30H,1-2H3,(H,31,32)(H2,25,26,27,28,29). The van der Waals surface area contributed by atoms with E-state index in [1.807, 2.05) is 54.6 Å². The predicted molar refractivity (Wildman–Crippen MR) is 130 cm³/mol. The monoisotopic (exact) mass is 457 g/mol. The van der Waals surface area contributed by atoms with Crippen LogP contribution in [0.3, 0.4) is 0 Å². The number of ether oxygens (including phenoxy) is 2. The normalized spacial score (nSPS) is 10.2. The zero-order valence-corrected chi connectivity index (χ0v) is 18.6. The fourth-order valence-electron chi connectivity index (χ4n) is 2.90. The molecule has 4 rings (SSSR count). The fourth-order valence-corrected chi connectivity index (χ4v) is 2.90. The van der Waals surface area contributed by atoms with Crippen LogP contribution < -0.4 is 31.0 Å². The molecule has 0 aliphatic rings. The summed E-state index contributed by atoms with van der Waals surface area (Å²) >= 11 is 0. The third-order valence-electron chi connectivity index (χ3n) is 4.62. The Morgan fingerprint density at radius 1 is 0.647 bits per heavy atom. The molecule has 1 amide bonds. The average molecular weight is 457 g/mol. The van der Waals surface area contributed by atoms with Gasteiger partial charge in [-0.15, -0.1) is 0 Å². The average Bonchev–Trinajstić information content (AvgIpc) is 2.88. The quantitative estimate of drug-likeness (QED) is 0.275. The molecule has 10 nitrogen and oxygen atoms in total. The first-order valence-electron chi connectivity index (χ1n) is 10.3. The smallest absolute Gasteiger partial charge is 0.307 e. The minimum atomic E-state index is -0.526. The fraction of sp³-hybridized carbons (Fsp3) is 0.0833. The van der Waals surface area contributed by atoms with Gasteiger partial charge in [-0.25, -0.2) is 0 Å². The highest BCUT2D eigenvalue weighted by Crippen LogP contribution is 2.21. The lowest BCUT2D eigenvalue weighted by Crippen LogP contribution is -2.31.